The molecule has 3 rings (SSSR count). The van der Waals surface area contributed by atoms with Crippen LogP contribution < -0.4 is 0 Å². The summed E-state index contributed by atoms with van der Waals surface area (Å²) in [4.78, 5) is 5.52. The third-order valence-electron chi connectivity index (χ3n) is 3.46. The molecule has 2 aromatic rings. The number of nitriles is 2. The average Bonchev–Trinajstić information content (AvgIpc) is 3.07. The van der Waals surface area contributed by atoms with Crippen LogP contribution in [0.25, 0.3) is 11.0 Å². The molecule has 1 saturated heterocycles. The van der Waals surface area contributed by atoms with Crippen molar-refractivity contribution >= 4 is 11.0 Å². The Balaban J connectivity index is 1.95. The van der Waals surface area contributed by atoms with Crippen molar-refractivity contribution in [2.24, 2.45) is 5.92 Å². The number of benzene rings is 1. The summed E-state index contributed by atoms with van der Waals surface area (Å²) < 4.78 is 5.84. The van der Waals surface area contributed by atoms with Crippen molar-refractivity contribution in [1.82, 2.24) is 5.06 Å². The van der Waals surface area contributed by atoms with Crippen molar-refractivity contribution in [3.8, 4) is 12.1 Å². The van der Waals surface area contributed by atoms with E-state index in [2.05, 4.69) is 12.1 Å². The van der Waals surface area contributed by atoms with Crippen LogP contribution in [-0.2, 0) is 4.84 Å². The molecule has 0 amide bonds. The molecule has 0 radical (unpaired) electrons. The molecule has 0 bridgehead atoms. The Morgan fingerprint density at radius 1 is 1.30 bits per heavy atom. The first kappa shape index (κ1) is 12.7. The zero-order chi connectivity index (χ0) is 13.9. The highest BCUT2D eigenvalue weighted by Crippen LogP contribution is 2.37. The summed E-state index contributed by atoms with van der Waals surface area (Å²) in [5.74, 6) is 0.433. The zero-order valence-electron chi connectivity index (χ0n) is 10.8. The van der Waals surface area contributed by atoms with Crippen LogP contribution in [0.4, 0.5) is 0 Å². The molecule has 1 aromatic heterocycles. The Hall–Kier alpha value is -2.34. The first-order valence-electron chi connectivity index (χ1n) is 6.48. The minimum atomic E-state index is -0.283. The van der Waals surface area contributed by atoms with Gasteiger partial charge in [-0.1, -0.05) is 18.2 Å². The van der Waals surface area contributed by atoms with Crippen LogP contribution in [0.2, 0.25) is 0 Å². The third-order valence-corrected chi connectivity index (χ3v) is 3.46. The zero-order valence-corrected chi connectivity index (χ0v) is 10.8. The van der Waals surface area contributed by atoms with Gasteiger partial charge in [0.05, 0.1) is 31.1 Å². The lowest BCUT2D eigenvalue weighted by Gasteiger charge is -2.20. The van der Waals surface area contributed by atoms with Crippen molar-refractivity contribution in [2.45, 2.75) is 12.5 Å². The van der Waals surface area contributed by atoms with Crippen molar-refractivity contribution in [2.75, 3.05) is 13.2 Å². The molecule has 1 aromatic carbocycles. The van der Waals surface area contributed by atoms with Crippen molar-refractivity contribution in [3.05, 3.63) is 36.1 Å². The molecule has 5 nitrogen and oxygen atoms in total. The van der Waals surface area contributed by atoms with E-state index in [4.69, 9.17) is 14.5 Å². The summed E-state index contributed by atoms with van der Waals surface area (Å²) >= 11 is 0. The Labute approximate surface area is 116 Å². The molecule has 0 aliphatic carbocycles. The fourth-order valence-corrected chi connectivity index (χ4v) is 2.51. The van der Waals surface area contributed by atoms with Gasteiger partial charge in [0, 0.05) is 11.9 Å². The lowest BCUT2D eigenvalue weighted by atomic mass is 10.0. The molecular formula is C15H13N3O2. The van der Waals surface area contributed by atoms with Crippen LogP contribution in [-0.4, -0.2) is 18.2 Å². The lowest BCUT2D eigenvalue weighted by molar-refractivity contribution is -0.134. The molecule has 1 fully saturated rings. The van der Waals surface area contributed by atoms with E-state index in [1.165, 1.54) is 0 Å². The molecule has 100 valence electrons. The fraction of sp³-hybridized carbons (Fsp3) is 0.333. The molecule has 0 saturated carbocycles. The van der Waals surface area contributed by atoms with Crippen LogP contribution in [0.1, 0.15) is 18.2 Å². The summed E-state index contributed by atoms with van der Waals surface area (Å²) in [6.07, 6.45) is 0.356. The van der Waals surface area contributed by atoms with E-state index in [9.17, 15) is 5.26 Å². The second-order valence-electron chi connectivity index (χ2n) is 4.71. The highest BCUT2D eigenvalue weighted by Gasteiger charge is 2.39. The normalized spacial score (nSPS) is 22.7. The Morgan fingerprint density at radius 3 is 2.90 bits per heavy atom. The SMILES string of the molecule is N#CCCN1OC[C@@H](C#N)[C@@H]1c1cc2ccccc2o1. The van der Waals surface area contributed by atoms with Gasteiger partial charge in [0.15, 0.2) is 0 Å². The molecular weight excluding hydrogens is 254 g/mol. The second kappa shape index (κ2) is 5.34. The summed E-state index contributed by atoms with van der Waals surface area (Å²) in [6.45, 7) is 0.806. The molecule has 1 aliphatic rings. The number of hydrogen-bond acceptors (Lipinski definition) is 5. The van der Waals surface area contributed by atoms with Gasteiger partial charge < -0.3 is 4.42 Å². The largest absolute Gasteiger partial charge is 0.459 e. The van der Waals surface area contributed by atoms with E-state index in [0.717, 1.165) is 11.0 Å². The fourth-order valence-electron chi connectivity index (χ4n) is 2.51. The van der Waals surface area contributed by atoms with Crippen LogP contribution in [0.15, 0.2) is 34.7 Å². The molecule has 0 spiro atoms. The highest BCUT2D eigenvalue weighted by atomic mass is 16.7. The topological polar surface area (TPSA) is 73.2 Å². The Morgan fingerprint density at radius 2 is 2.15 bits per heavy atom. The minimum Gasteiger partial charge on any atom is -0.459 e. The number of rotatable bonds is 3. The summed E-state index contributed by atoms with van der Waals surface area (Å²) in [5.41, 5.74) is 0.798. The van der Waals surface area contributed by atoms with Gasteiger partial charge >= 0.3 is 0 Å². The van der Waals surface area contributed by atoms with Gasteiger partial charge in [-0.05, 0) is 12.1 Å². The quantitative estimate of drug-likeness (QED) is 0.854. The monoisotopic (exact) mass is 267 g/mol. The summed E-state index contributed by atoms with van der Waals surface area (Å²) in [5, 5.41) is 20.6. The maximum atomic E-state index is 9.25. The van der Waals surface area contributed by atoms with Crippen LogP contribution in [0, 0.1) is 28.6 Å². The molecule has 0 N–H and O–H groups in total. The predicted octanol–water partition coefficient (Wildman–Crippen LogP) is 2.77. The number of nitrogens with zero attached hydrogens (tertiary/aromatic N) is 3. The molecule has 1 aliphatic heterocycles. The number of hydroxylamine groups is 2. The number of furan rings is 1. The van der Waals surface area contributed by atoms with Gasteiger partial charge in [-0.2, -0.15) is 15.6 Å². The summed E-state index contributed by atoms with van der Waals surface area (Å²) in [7, 11) is 0. The van der Waals surface area contributed by atoms with Gasteiger partial charge in [-0.15, -0.1) is 0 Å². The van der Waals surface area contributed by atoms with Crippen molar-refractivity contribution < 1.29 is 9.25 Å². The van der Waals surface area contributed by atoms with Crippen LogP contribution in [0.5, 0.6) is 0 Å². The molecule has 5 heteroatoms. The van der Waals surface area contributed by atoms with Crippen LogP contribution >= 0.6 is 0 Å². The Kier molecular flexibility index (Phi) is 3.39. The first-order chi connectivity index (χ1) is 9.83. The van der Waals surface area contributed by atoms with Gasteiger partial charge in [0.2, 0.25) is 0 Å². The average molecular weight is 267 g/mol. The van der Waals surface area contributed by atoms with E-state index in [1.807, 2.05) is 30.3 Å². The Bertz CT molecular complexity index is 662. The molecule has 20 heavy (non-hydrogen) atoms. The maximum absolute atomic E-state index is 9.25. The van der Waals surface area contributed by atoms with Gasteiger partial charge in [0.25, 0.3) is 0 Å². The van der Waals surface area contributed by atoms with E-state index in [-0.39, 0.29) is 12.0 Å². The molecule has 2 heterocycles. The maximum Gasteiger partial charge on any atom is 0.134 e. The summed E-state index contributed by atoms with van der Waals surface area (Å²) in [6, 6.07) is 13.8. The first-order valence-corrected chi connectivity index (χ1v) is 6.48. The minimum absolute atomic E-state index is 0.249. The number of para-hydroxylation sites is 1. The predicted molar refractivity (Wildman–Crippen MR) is 70.9 cm³/mol. The van der Waals surface area contributed by atoms with Crippen LogP contribution in [0.3, 0.4) is 0 Å². The third kappa shape index (κ3) is 2.14. The van der Waals surface area contributed by atoms with Crippen molar-refractivity contribution in [3.63, 3.8) is 0 Å². The standard InChI is InChI=1S/C15H13N3O2/c16-6-3-7-18-15(12(9-17)10-19-18)14-8-11-4-1-2-5-13(11)20-14/h1-2,4-5,8,12,15H,3,7,10H2/t12-,15-/m1/s1. The smallest absolute Gasteiger partial charge is 0.134 e. The number of hydrogen-bond donors (Lipinski definition) is 0. The second-order valence-corrected chi connectivity index (χ2v) is 4.71. The van der Waals surface area contributed by atoms with E-state index in [1.54, 1.807) is 5.06 Å². The van der Waals surface area contributed by atoms with Gasteiger partial charge in [-0.3, -0.25) is 4.84 Å². The lowest BCUT2D eigenvalue weighted by Crippen LogP contribution is -2.24. The van der Waals surface area contributed by atoms with E-state index in [0.29, 0.717) is 25.3 Å². The van der Waals surface area contributed by atoms with Gasteiger partial charge in [-0.25, -0.2) is 0 Å². The van der Waals surface area contributed by atoms with Gasteiger partial charge in [0.1, 0.15) is 17.4 Å². The van der Waals surface area contributed by atoms with Crippen molar-refractivity contribution in [1.29, 1.82) is 10.5 Å². The van der Waals surface area contributed by atoms with E-state index < -0.39 is 0 Å². The number of fused-ring (bicyclic) bond motifs is 1. The molecule has 2 atom stereocenters. The highest BCUT2D eigenvalue weighted by molar-refractivity contribution is 5.77. The van der Waals surface area contributed by atoms with E-state index >= 15 is 0 Å². The molecule has 0 unspecified atom stereocenters.